The van der Waals surface area contributed by atoms with Gasteiger partial charge >= 0.3 is 0 Å². The predicted molar refractivity (Wildman–Crippen MR) is 78.4 cm³/mol. The molecule has 7 nitrogen and oxygen atoms in total. The average molecular weight is 300 g/mol. The number of nitro groups is 1. The average Bonchev–Trinajstić information content (AvgIpc) is 2.47. The number of aromatic nitrogens is 1. The third-order valence-corrected chi connectivity index (χ3v) is 2.95. The Kier molecular flexibility index (Phi) is 4.57. The van der Waals surface area contributed by atoms with Gasteiger partial charge in [-0.05, 0) is 25.1 Å². The molecule has 7 heteroatoms. The van der Waals surface area contributed by atoms with E-state index in [1.807, 2.05) is 0 Å². The zero-order valence-corrected chi connectivity index (χ0v) is 11.9. The first-order chi connectivity index (χ1) is 10.5. The second kappa shape index (κ2) is 6.57. The topological polar surface area (TPSA) is 93.2 Å². The van der Waals surface area contributed by atoms with Gasteiger partial charge in [0, 0.05) is 23.9 Å². The van der Waals surface area contributed by atoms with Crippen LogP contribution in [0.15, 0.2) is 48.8 Å². The highest BCUT2D eigenvalue weighted by molar-refractivity contribution is 5.93. The maximum atomic E-state index is 11.9. The summed E-state index contributed by atoms with van der Waals surface area (Å²) in [5, 5.41) is 13.2. The van der Waals surface area contributed by atoms with Gasteiger partial charge in [0.15, 0.2) is 18.2 Å². The molecule has 0 aliphatic carbocycles. The summed E-state index contributed by atoms with van der Waals surface area (Å²) in [6.45, 7) is 1.49. The quantitative estimate of drug-likeness (QED) is 0.394. The van der Waals surface area contributed by atoms with Gasteiger partial charge in [0.05, 0.1) is 10.5 Å². The Morgan fingerprint density at radius 3 is 2.50 bits per heavy atom. The number of amides is 1. The lowest BCUT2D eigenvalue weighted by atomic mass is 10.2. The lowest BCUT2D eigenvalue weighted by Crippen LogP contribution is -2.40. The first kappa shape index (κ1) is 15.3. The van der Waals surface area contributed by atoms with E-state index in [9.17, 15) is 19.7 Å². The smallest absolute Gasteiger partial charge is 0.290 e. The monoisotopic (exact) mass is 300 g/mol. The molecule has 0 saturated carbocycles. The van der Waals surface area contributed by atoms with Crippen molar-refractivity contribution in [1.82, 2.24) is 0 Å². The van der Waals surface area contributed by atoms with E-state index in [1.165, 1.54) is 31.2 Å². The lowest BCUT2D eigenvalue weighted by molar-refractivity contribution is -0.684. The second-order valence-electron chi connectivity index (χ2n) is 4.67. The van der Waals surface area contributed by atoms with E-state index in [4.69, 9.17) is 0 Å². The number of pyridine rings is 1. The predicted octanol–water partition coefficient (Wildman–Crippen LogP) is 1.72. The molecule has 1 N–H and O–H groups in total. The van der Waals surface area contributed by atoms with Gasteiger partial charge in [0.1, 0.15) is 0 Å². The Balaban J connectivity index is 2.02. The molecule has 1 heterocycles. The Morgan fingerprint density at radius 1 is 1.23 bits per heavy atom. The van der Waals surface area contributed by atoms with E-state index >= 15 is 0 Å². The van der Waals surface area contributed by atoms with Gasteiger partial charge in [-0.2, -0.15) is 4.57 Å². The van der Waals surface area contributed by atoms with E-state index in [2.05, 4.69) is 5.32 Å². The summed E-state index contributed by atoms with van der Waals surface area (Å²) in [5.41, 5.74) is 0.950. The number of hydrogen-bond donors (Lipinski definition) is 1. The van der Waals surface area contributed by atoms with Gasteiger partial charge in [-0.25, -0.2) is 0 Å². The standard InChI is InChI=1S/C15H13N3O4/c1-11(19)12-3-2-8-17(9-12)10-15(20)16-13-4-6-14(7-5-13)18(21)22/h2-9H,10H2,1H3/p+1. The molecule has 1 aromatic carbocycles. The van der Waals surface area contributed by atoms with Gasteiger partial charge in [0.2, 0.25) is 6.54 Å². The second-order valence-corrected chi connectivity index (χ2v) is 4.67. The molecule has 112 valence electrons. The number of ketones is 1. The van der Waals surface area contributed by atoms with Crippen molar-refractivity contribution in [3.63, 3.8) is 0 Å². The fourth-order valence-corrected chi connectivity index (χ4v) is 1.86. The number of hydrogen-bond acceptors (Lipinski definition) is 4. The number of nitrogens with one attached hydrogen (secondary N) is 1. The van der Waals surface area contributed by atoms with Crippen LogP contribution in [-0.2, 0) is 11.3 Å². The molecule has 1 aromatic heterocycles. The first-order valence-electron chi connectivity index (χ1n) is 6.50. The number of Topliss-reactive ketones (excluding diaryl/α,β-unsaturated/α-hetero) is 1. The molecule has 0 spiro atoms. The number of benzene rings is 1. The zero-order valence-electron chi connectivity index (χ0n) is 11.9. The largest absolute Gasteiger partial charge is 0.321 e. The summed E-state index contributed by atoms with van der Waals surface area (Å²) in [6, 6.07) is 8.93. The van der Waals surface area contributed by atoms with Gasteiger partial charge in [-0.15, -0.1) is 0 Å². The fourth-order valence-electron chi connectivity index (χ4n) is 1.86. The minimum atomic E-state index is -0.505. The molecule has 0 aliphatic rings. The maximum Gasteiger partial charge on any atom is 0.290 e. The molecule has 1 amide bonds. The SMILES string of the molecule is CC(=O)c1ccc[n+](CC(=O)Nc2ccc([N+](=O)[O-])cc2)c1. The highest BCUT2D eigenvalue weighted by atomic mass is 16.6. The van der Waals surface area contributed by atoms with Crippen molar-refractivity contribution in [3.8, 4) is 0 Å². The number of nitrogens with zero attached hydrogens (tertiary/aromatic N) is 2. The Morgan fingerprint density at radius 2 is 1.91 bits per heavy atom. The normalized spacial score (nSPS) is 10.0. The van der Waals surface area contributed by atoms with Gasteiger partial charge in [-0.1, -0.05) is 0 Å². The summed E-state index contributed by atoms with van der Waals surface area (Å²) >= 11 is 0. The van der Waals surface area contributed by atoms with Gasteiger partial charge in [0.25, 0.3) is 11.6 Å². The molecule has 0 radical (unpaired) electrons. The van der Waals surface area contributed by atoms with Crippen molar-refractivity contribution in [2.24, 2.45) is 0 Å². The molecular formula is C15H14N3O4+. The number of carbonyl (C=O) groups excluding carboxylic acids is 2. The molecule has 0 saturated heterocycles. The van der Waals surface area contributed by atoms with E-state index in [-0.39, 0.29) is 23.9 Å². The Bertz CT molecular complexity index is 726. The van der Waals surface area contributed by atoms with Crippen LogP contribution in [0, 0.1) is 10.1 Å². The maximum absolute atomic E-state index is 11.9. The number of carbonyl (C=O) groups is 2. The Labute approximate surface area is 126 Å². The minimum absolute atomic E-state index is 0.0398. The van der Waals surface area contributed by atoms with Crippen LogP contribution in [0.25, 0.3) is 0 Å². The van der Waals surface area contributed by atoms with Gasteiger partial charge in [-0.3, -0.25) is 19.7 Å². The van der Waals surface area contributed by atoms with Crippen LogP contribution >= 0.6 is 0 Å². The molecular weight excluding hydrogens is 286 g/mol. The van der Waals surface area contributed by atoms with Crippen molar-refractivity contribution < 1.29 is 19.1 Å². The van der Waals surface area contributed by atoms with Crippen LogP contribution in [0.5, 0.6) is 0 Å². The molecule has 0 bridgehead atoms. The van der Waals surface area contributed by atoms with Crippen LogP contribution in [0.4, 0.5) is 11.4 Å². The van der Waals surface area contributed by atoms with Crippen molar-refractivity contribution >= 4 is 23.1 Å². The van der Waals surface area contributed by atoms with Crippen molar-refractivity contribution in [2.45, 2.75) is 13.5 Å². The zero-order chi connectivity index (χ0) is 16.1. The summed E-state index contributed by atoms with van der Waals surface area (Å²) in [6.07, 6.45) is 3.28. The third-order valence-electron chi connectivity index (χ3n) is 2.95. The van der Waals surface area contributed by atoms with Crippen LogP contribution in [0.2, 0.25) is 0 Å². The summed E-state index contributed by atoms with van der Waals surface area (Å²) < 4.78 is 1.59. The molecule has 22 heavy (non-hydrogen) atoms. The lowest BCUT2D eigenvalue weighted by Gasteiger charge is -2.03. The summed E-state index contributed by atoms with van der Waals surface area (Å²) in [4.78, 5) is 33.3. The van der Waals surface area contributed by atoms with Crippen LogP contribution in [0.3, 0.4) is 0 Å². The molecule has 0 atom stereocenters. The summed E-state index contributed by atoms with van der Waals surface area (Å²) in [5.74, 6) is -0.371. The number of non-ortho nitro benzene ring substituents is 1. The van der Waals surface area contributed by atoms with Gasteiger partial charge < -0.3 is 5.32 Å². The van der Waals surface area contributed by atoms with E-state index in [1.54, 1.807) is 29.1 Å². The minimum Gasteiger partial charge on any atom is -0.321 e. The van der Waals surface area contributed by atoms with Crippen molar-refractivity contribution in [1.29, 1.82) is 0 Å². The van der Waals surface area contributed by atoms with E-state index < -0.39 is 4.92 Å². The third kappa shape index (κ3) is 3.95. The molecule has 2 rings (SSSR count). The number of rotatable bonds is 5. The molecule has 0 fully saturated rings. The molecule has 2 aromatic rings. The molecule has 0 unspecified atom stereocenters. The van der Waals surface area contributed by atoms with Crippen LogP contribution in [0.1, 0.15) is 17.3 Å². The highest BCUT2D eigenvalue weighted by Crippen LogP contribution is 2.15. The van der Waals surface area contributed by atoms with Crippen LogP contribution < -0.4 is 9.88 Å². The number of nitro benzene ring substituents is 1. The first-order valence-corrected chi connectivity index (χ1v) is 6.50. The van der Waals surface area contributed by atoms with Crippen molar-refractivity contribution in [3.05, 3.63) is 64.5 Å². The number of anilines is 1. The van der Waals surface area contributed by atoms with Crippen molar-refractivity contribution in [2.75, 3.05) is 5.32 Å². The van der Waals surface area contributed by atoms with Crippen LogP contribution in [-0.4, -0.2) is 16.6 Å². The summed E-state index contributed by atoms with van der Waals surface area (Å²) in [7, 11) is 0. The highest BCUT2D eigenvalue weighted by Gasteiger charge is 2.12. The fraction of sp³-hybridized carbons (Fsp3) is 0.133. The van der Waals surface area contributed by atoms with E-state index in [0.717, 1.165) is 0 Å². The van der Waals surface area contributed by atoms with E-state index in [0.29, 0.717) is 11.3 Å². The Hall–Kier alpha value is -3.09. The molecule has 0 aliphatic heterocycles.